The number of ether oxygens (including phenoxy) is 1. The molecule has 20 heavy (non-hydrogen) atoms. The average Bonchev–Trinajstić information content (AvgIpc) is 2.43. The molecule has 0 saturated carbocycles. The summed E-state index contributed by atoms with van der Waals surface area (Å²) in [6, 6.07) is 6.59. The quantitative estimate of drug-likeness (QED) is 0.791. The first kappa shape index (κ1) is 15.0. The summed E-state index contributed by atoms with van der Waals surface area (Å²) in [5.74, 6) is 0.0206. The molecular formula is C17H25NO2. The van der Waals surface area contributed by atoms with Crippen LogP contribution in [0.2, 0.25) is 0 Å². The topological polar surface area (TPSA) is 29.5 Å². The second-order valence-corrected chi connectivity index (χ2v) is 5.76. The number of likely N-dealkylation sites (tertiary alicyclic amines) is 1. The van der Waals surface area contributed by atoms with E-state index in [1.807, 2.05) is 6.92 Å². The van der Waals surface area contributed by atoms with Crippen molar-refractivity contribution >= 4 is 5.97 Å². The van der Waals surface area contributed by atoms with Crippen LogP contribution in [0.5, 0.6) is 0 Å². The van der Waals surface area contributed by atoms with E-state index in [1.165, 1.54) is 16.7 Å². The predicted molar refractivity (Wildman–Crippen MR) is 80.6 cm³/mol. The van der Waals surface area contributed by atoms with Gasteiger partial charge in [-0.3, -0.25) is 9.69 Å². The predicted octanol–water partition coefficient (Wildman–Crippen LogP) is 3.08. The summed E-state index contributed by atoms with van der Waals surface area (Å²) in [4.78, 5) is 14.2. The summed E-state index contributed by atoms with van der Waals surface area (Å²) in [6.07, 6.45) is 2.04. The van der Waals surface area contributed by atoms with Crippen LogP contribution in [-0.2, 0) is 16.1 Å². The Morgan fingerprint density at radius 1 is 1.40 bits per heavy atom. The average molecular weight is 275 g/mol. The van der Waals surface area contributed by atoms with Crippen LogP contribution in [0.25, 0.3) is 0 Å². The van der Waals surface area contributed by atoms with E-state index in [9.17, 15) is 4.79 Å². The van der Waals surface area contributed by atoms with Gasteiger partial charge in [0.05, 0.1) is 12.5 Å². The Balaban J connectivity index is 1.97. The first-order valence-corrected chi connectivity index (χ1v) is 7.55. The largest absolute Gasteiger partial charge is 0.466 e. The molecule has 1 aliphatic heterocycles. The molecule has 0 N–H and O–H groups in total. The van der Waals surface area contributed by atoms with Crippen LogP contribution in [0.15, 0.2) is 18.2 Å². The normalized spacial score (nSPS) is 19.9. The Morgan fingerprint density at radius 2 is 2.20 bits per heavy atom. The number of hydrogen-bond acceptors (Lipinski definition) is 3. The SMILES string of the molecule is CCOC(=O)C1CCCN(Cc2ccc(C)cc2C)C1. The van der Waals surface area contributed by atoms with E-state index in [0.717, 1.165) is 32.5 Å². The molecule has 1 aliphatic rings. The van der Waals surface area contributed by atoms with Gasteiger partial charge in [0, 0.05) is 13.1 Å². The van der Waals surface area contributed by atoms with Gasteiger partial charge in [0.1, 0.15) is 0 Å². The molecule has 0 radical (unpaired) electrons. The second-order valence-electron chi connectivity index (χ2n) is 5.76. The minimum absolute atomic E-state index is 0.0298. The number of carbonyl (C=O) groups is 1. The number of piperidine rings is 1. The van der Waals surface area contributed by atoms with Crippen LogP contribution in [0.4, 0.5) is 0 Å². The Bertz CT molecular complexity index is 470. The van der Waals surface area contributed by atoms with Crippen molar-refractivity contribution in [1.29, 1.82) is 0 Å². The van der Waals surface area contributed by atoms with Gasteiger partial charge in [-0.05, 0) is 51.3 Å². The molecule has 1 aromatic carbocycles. The number of esters is 1. The summed E-state index contributed by atoms with van der Waals surface area (Å²) < 4.78 is 5.15. The van der Waals surface area contributed by atoms with Crippen LogP contribution in [0.3, 0.4) is 0 Å². The van der Waals surface area contributed by atoms with Crippen molar-refractivity contribution in [3.63, 3.8) is 0 Å². The van der Waals surface area contributed by atoms with Crippen molar-refractivity contribution in [2.75, 3.05) is 19.7 Å². The summed E-state index contributed by atoms with van der Waals surface area (Å²) in [7, 11) is 0. The van der Waals surface area contributed by atoms with Gasteiger partial charge in [0.25, 0.3) is 0 Å². The molecular weight excluding hydrogens is 250 g/mol. The first-order chi connectivity index (χ1) is 9.60. The highest BCUT2D eigenvalue weighted by atomic mass is 16.5. The van der Waals surface area contributed by atoms with Gasteiger partial charge >= 0.3 is 5.97 Å². The van der Waals surface area contributed by atoms with Gasteiger partial charge in [-0.1, -0.05) is 23.8 Å². The van der Waals surface area contributed by atoms with Crippen LogP contribution < -0.4 is 0 Å². The number of aryl methyl sites for hydroxylation is 2. The third kappa shape index (κ3) is 3.83. The van der Waals surface area contributed by atoms with E-state index < -0.39 is 0 Å². The second kappa shape index (κ2) is 6.89. The molecule has 0 spiro atoms. The molecule has 110 valence electrons. The molecule has 1 aromatic rings. The fourth-order valence-corrected chi connectivity index (χ4v) is 2.92. The summed E-state index contributed by atoms with van der Waals surface area (Å²) >= 11 is 0. The van der Waals surface area contributed by atoms with Crippen LogP contribution >= 0.6 is 0 Å². The van der Waals surface area contributed by atoms with Gasteiger partial charge in [-0.2, -0.15) is 0 Å². The van der Waals surface area contributed by atoms with Gasteiger partial charge in [0.15, 0.2) is 0 Å². The van der Waals surface area contributed by atoms with E-state index >= 15 is 0 Å². The molecule has 1 unspecified atom stereocenters. The maximum Gasteiger partial charge on any atom is 0.310 e. The van der Waals surface area contributed by atoms with E-state index in [-0.39, 0.29) is 11.9 Å². The smallest absolute Gasteiger partial charge is 0.310 e. The van der Waals surface area contributed by atoms with E-state index in [2.05, 4.69) is 36.9 Å². The summed E-state index contributed by atoms with van der Waals surface area (Å²) in [6.45, 7) is 9.46. The molecule has 0 aliphatic carbocycles. The Kier molecular flexibility index (Phi) is 5.18. The molecule has 1 fully saturated rings. The van der Waals surface area contributed by atoms with Crippen molar-refractivity contribution in [3.05, 3.63) is 34.9 Å². The van der Waals surface area contributed by atoms with Gasteiger partial charge in [-0.25, -0.2) is 0 Å². The molecule has 1 atom stereocenters. The van der Waals surface area contributed by atoms with Crippen LogP contribution in [0, 0.1) is 19.8 Å². The van der Waals surface area contributed by atoms with E-state index in [1.54, 1.807) is 0 Å². The van der Waals surface area contributed by atoms with Crippen LogP contribution in [-0.4, -0.2) is 30.6 Å². The molecule has 1 heterocycles. The fraction of sp³-hybridized carbons (Fsp3) is 0.588. The number of hydrogen-bond donors (Lipinski definition) is 0. The first-order valence-electron chi connectivity index (χ1n) is 7.55. The highest BCUT2D eigenvalue weighted by molar-refractivity contribution is 5.72. The Morgan fingerprint density at radius 3 is 2.90 bits per heavy atom. The molecule has 1 saturated heterocycles. The van der Waals surface area contributed by atoms with Crippen molar-refractivity contribution in [2.45, 2.75) is 40.2 Å². The third-order valence-electron chi connectivity index (χ3n) is 4.02. The lowest BCUT2D eigenvalue weighted by molar-refractivity contribution is -0.150. The molecule has 0 amide bonds. The third-order valence-corrected chi connectivity index (χ3v) is 4.02. The van der Waals surface area contributed by atoms with Crippen molar-refractivity contribution in [1.82, 2.24) is 4.90 Å². The standard InChI is InChI=1S/C17H25NO2/c1-4-20-17(19)16-6-5-9-18(12-16)11-15-8-7-13(2)10-14(15)3/h7-8,10,16H,4-6,9,11-12H2,1-3H3. The zero-order chi connectivity index (χ0) is 14.5. The zero-order valence-corrected chi connectivity index (χ0v) is 12.8. The Hall–Kier alpha value is -1.35. The highest BCUT2D eigenvalue weighted by Gasteiger charge is 2.26. The zero-order valence-electron chi connectivity index (χ0n) is 12.8. The monoisotopic (exact) mass is 275 g/mol. The molecule has 3 heteroatoms. The summed E-state index contributed by atoms with van der Waals surface area (Å²) in [5, 5.41) is 0. The fourth-order valence-electron chi connectivity index (χ4n) is 2.92. The van der Waals surface area contributed by atoms with Crippen molar-refractivity contribution in [3.8, 4) is 0 Å². The van der Waals surface area contributed by atoms with Gasteiger partial charge < -0.3 is 4.74 Å². The lowest BCUT2D eigenvalue weighted by Crippen LogP contribution is -2.39. The minimum Gasteiger partial charge on any atom is -0.466 e. The number of rotatable bonds is 4. The highest BCUT2D eigenvalue weighted by Crippen LogP contribution is 2.21. The van der Waals surface area contributed by atoms with Crippen molar-refractivity contribution in [2.24, 2.45) is 5.92 Å². The molecule has 0 aromatic heterocycles. The number of carbonyl (C=O) groups excluding carboxylic acids is 1. The molecule has 0 bridgehead atoms. The molecule has 3 nitrogen and oxygen atoms in total. The maximum atomic E-state index is 11.9. The minimum atomic E-state index is -0.0298. The van der Waals surface area contributed by atoms with Crippen LogP contribution in [0.1, 0.15) is 36.5 Å². The Labute approximate surface area is 121 Å². The lowest BCUT2D eigenvalue weighted by Gasteiger charge is -2.31. The maximum absolute atomic E-state index is 11.9. The number of nitrogens with zero attached hydrogens (tertiary/aromatic N) is 1. The van der Waals surface area contributed by atoms with Crippen molar-refractivity contribution < 1.29 is 9.53 Å². The number of benzene rings is 1. The van der Waals surface area contributed by atoms with Gasteiger partial charge in [-0.15, -0.1) is 0 Å². The van der Waals surface area contributed by atoms with E-state index in [4.69, 9.17) is 4.74 Å². The lowest BCUT2D eigenvalue weighted by atomic mass is 9.97. The van der Waals surface area contributed by atoms with Gasteiger partial charge in [0.2, 0.25) is 0 Å². The molecule has 2 rings (SSSR count). The van der Waals surface area contributed by atoms with E-state index in [0.29, 0.717) is 6.61 Å². The summed E-state index contributed by atoms with van der Waals surface area (Å²) in [5.41, 5.74) is 4.00.